The van der Waals surface area contributed by atoms with Gasteiger partial charge in [0.25, 0.3) is 0 Å². The number of hydrogen-bond donors (Lipinski definition) is 15. The van der Waals surface area contributed by atoms with Crippen molar-refractivity contribution in [3.8, 4) is 0 Å². The van der Waals surface area contributed by atoms with Gasteiger partial charge in [-0.25, -0.2) is 9.59 Å². The fourth-order valence-electron chi connectivity index (χ4n) is 5.90. The number of carbonyl (C=O) groups excluding carboxylic acids is 2. The summed E-state index contributed by atoms with van der Waals surface area (Å²) in [6, 6.07) is -3.38. The molecule has 3 aliphatic heterocycles. The van der Waals surface area contributed by atoms with Crippen LogP contribution in [0.15, 0.2) is 0 Å². The quantitative estimate of drug-likeness (QED) is 0.0691. The van der Waals surface area contributed by atoms with Crippen molar-refractivity contribution >= 4 is 23.8 Å². The summed E-state index contributed by atoms with van der Waals surface area (Å²) < 4.78 is 32.7. The number of carbonyl (C=O) groups is 4. The van der Waals surface area contributed by atoms with Gasteiger partial charge in [0.2, 0.25) is 11.8 Å². The van der Waals surface area contributed by atoms with Crippen molar-refractivity contribution in [1.29, 1.82) is 0 Å². The number of aliphatic hydroxyl groups excluding tert-OH is 11. The van der Waals surface area contributed by atoms with Crippen LogP contribution in [0.1, 0.15) is 13.8 Å². The number of aliphatic hydroxyl groups is 11. The van der Waals surface area contributed by atoms with Crippen molar-refractivity contribution in [2.75, 3.05) is 19.8 Å². The highest BCUT2D eigenvalue weighted by atomic mass is 16.8. The van der Waals surface area contributed by atoms with Crippen molar-refractivity contribution in [3.05, 3.63) is 0 Å². The number of carboxylic acid groups (broad SMARTS) is 2. The minimum Gasteiger partial charge on any atom is -0.479 e. The first-order chi connectivity index (χ1) is 24.8. The van der Waals surface area contributed by atoms with Crippen molar-refractivity contribution in [1.82, 2.24) is 10.6 Å². The summed E-state index contributed by atoms with van der Waals surface area (Å²) in [5.74, 6) is -5.36. The Morgan fingerprint density at radius 3 is 1.74 bits per heavy atom. The van der Waals surface area contributed by atoms with Gasteiger partial charge in [0.05, 0.1) is 25.9 Å². The molecule has 3 aliphatic rings. The van der Waals surface area contributed by atoms with E-state index in [1.165, 1.54) is 0 Å². The van der Waals surface area contributed by atoms with E-state index in [1.807, 2.05) is 0 Å². The number of ether oxygens (including phenoxy) is 6. The maximum Gasteiger partial charge on any atom is 0.335 e. The molecular formula is C28H46N2O23. The summed E-state index contributed by atoms with van der Waals surface area (Å²) >= 11 is 0. The first-order valence-electron chi connectivity index (χ1n) is 16.0. The molecule has 0 radical (unpaired) electrons. The van der Waals surface area contributed by atoms with Crippen molar-refractivity contribution in [2.45, 2.75) is 130 Å². The van der Waals surface area contributed by atoms with Crippen molar-refractivity contribution in [3.63, 3.8) is 0 Å². The molecule has 0 aromatic heterocycles. The maximum absolute atomic E-state index is 12.4. The largest absolute Gasteiger partial charge is 0.479 e. The zero-order valence-electron chi connectivity index (χ0n) is 28.0. The second-order valence-electron chi connectivity index (χ2n) is 12.5. The summed E-state index contributed by atoms with van der Waals surface area (Å²) in [7, 11) is 0. The first-order valence-corrected chi connectivity index (χ1v) is 16.0. The molecule has 0 aliphatic carbocycles. The van der Waals surface area contributed by atoms with Crippen LogP contribution in [0, 0.1) is 0 Å². The van der Waals surface area contributed by atoms with Crippen LogP contribution in [-0.2, 0) is 47.6 Å². The van der Waals surface area contributed by atoms with Crippen LogP contribution in [0.2, 0.25) is 0 Å². The molecule has 3 saturated heterocycles. The van der Waals surface area contributed by atoms with Gasteiger partial charge in [-0.1, -0.05) is 0 Å². The molecule has 3 fully saturated rings. The lowest BCUT2D eigenvalue weighted by atomic mass is 9.94. The summed E-state index contributed by atoms with van der Waals surface area (Å²) in [5.41, 5.74) is 0. The predicted octanol–water partition coefficient (Wildman–Crippen LogP) is -9.64. The van der Waals surface area contributed by atoms with Gasteiger partial charge in [-0.2, -0.15) is 0 Å². The Labute approximate surface area is 298 Å². The molecule has 0 saturated carbocycles. The maximum atomic E-state index is 12.4. The normalized spacial score (nSPS) is 40.0. The minimum absolute atomic E-state index is 0.778. The average molecular weight is 779 g/mol. The fourth-order valence-corrected chi connectivity index (χ4v) is 5.90. The van der Waals surface area contributed by atoms with E-state index in [1.54, 1.807) is 0 Å². The summed E-state index contributed by atoms with van der Waals surface area (Å²) in [4.78, 5) is 48.0. The molecular weight excluding hydrogens is 732 g/mol. The van der Waals surface area contributed by atoms with Gasteiger partial charge in [0, 0.05) is 13.8 Å². The average Bonchev–Trinajstić information content (AvgIpc) is 3.09. The lowest BCUT2D eigenvalue weighted by molar-refractivity contribution is -0.364. The molecule has 25 heteroatoms. The summed E-state index contributed by atoms with van der Waals surface area (Å²) in [6.45, 7) is -1.11. The SMILES string of the molecule is CC(=O)NC(CO)C(O[C@@H]1OC(C(=O)O)[C@@H](O[C@@H]2OC(CO)[C@@H](O)C(O[C@@H]3OC(C(=O)O)[C@@H](O)C(O)C3O)C2NC(C)=O)C(O)C1O)[C@H](O)C(O)CO. The second-order valence-corrected chi connectivity index (χ2v) is 12.5. The van der Waals surface area contributed by atoms with Gasteiger partial charge < -0.3 is 105 Å². The van der Waals surface area contributed by atoms with Crippen LogP contribution in [0.3, 0.4) is 0 Å². The van der Waals surface area contributed by atoms with Crippen molar-refractivity contribution < 1.29 is 114 Å². The molecule has 25 nitrogen and oxygen atoms in total. The standard InChI is InChI=1S/C28H46N2O23/c1-6(34)29-8(3-31)19(12(37)9(36)4-32)49-28-18(43)16(41)21(23(53-28)25(46)47)51-26-11(30-7(2)35)20(13(38)10(5-33)48-26)50-27-17(42)14(39)15(40)22(52-27)24(44)45/h8-23,26-28,31-33,36-43H,3-5H2,1-2H3,(H,29,34)(H,30,35)(H,44,45)(H,46,47)/t8?,9?,10?,11?,12-,13-,14?,15+,16?,17?,18?,19?,20?,21+,22?,23?,26+,27-,28-/m1/s1. The highest BCUT2D eigenvalue weighted by molar-refractivity contribution is 5.74. The first kappa shape index (κ1) is 44.6. The lowest BCUT2D eigenvalue weighted by Crippen LogP contribution is -2.70. The Morgan fingerprint density at radius 2 is 1.23 bits per heavy atom. The van der Waals surface area contributed by atoms with E-state index < -0.39 is 160 Å². The monoisotopic (exact) mass is 778 g/mol. The minimum atomic E-state index is -2.35. The van der Waals surface area contributed by atoms with E-state index in [0.717, 1.165) is 13.8 Å². The van der Waals surface area contributed by atoms with Gasteiger partial charge in [-0.05, 0) is 0 Å². The lowest BCUT2D eigenvalue weighted by Gasteiger charge is -2.49. The summed E-state index contributed by atoms with van der Waals surface area (Å²) in [5, 5.41) is 138. The Hall–Kier alpha value is -2.80. The van der Waals surface area contributed by atoms with E-state index in [0.29, 0.717) is 0 Å². The third-order valence-corrected chi connectivity index (χ3v) is 8.60. The number of amides is 2. The van der Waals surface area contributed by atoms with E-state index in [-0.39, 0.29) is 0 Å². The molecule has 12 unspecified atom stereocenters. The molecule has 306 valence electrons. The Morgan fingerprint density at radius 1 is 0.660 bits per heavy atom. The third-order valence-electron chi connectivity index (χ3n) is 8.60. The van der Waals surface area contributed by atoms with Crippen LogP contribution in [0.25, 0.3) is 0 Å². The molecule has 2 amide bonds. The molecule has 53 heavy (non-hydrogen) atoms. The smallest absolute Gasteiger partial charge is 0.335 e. The number of aliphatic carboxylic acids is 2. The predicted molar refractivity (Wildman–Crippen MR) is 160 cm³/mol. The number of rotatable bonds is 16. The van der Waals surface area contributed by atoms with Crippen LogP contribution in [0.4, 0.5) is 0 Å². The Bertz CT molecular complexity index is 1250. The second kappa shape index (κ2) is 19.2. The molecule has 0 bridgehead atoms. The molecule has 0 aromatic rings. The molecule has 0 aromatic carbocycles. The molecule has 3 rings (SSSR count). The van der Waals surface area contributed by atoms with Gasteiger partial charge in [0.15, 0.2) is 31.1 Å². The van der Waals surface area contributed by atoms with E-state index >= 15 is 0 Å². The molecule has 19 atom stereocenters. The number of nitrogens with one attached hydrogen (secondary N) is 2. The van der Waals surface area contributed by atoms with Crippen LogP contribution >= 0.6 is 0 Å². The highest BCUT2D eigenvalue weighted by Gasteiger charge is 2.56. The zero-order chi connectivity index (χ0) is 40.1. The summed E-state index contributed by atoms with van der Waals surface area (Å²) in [6.07, 6.45) is -35.9. The van der Waals surface area contributed by atoms with Crippen molar-refractivity contribution in [2.24, 2.45) is 0 Å². The van der Waals surface area contributed by atoms with E-state index in [2.05, 4.69) is 10.6 Å². The molecule has 15 N–H and O–H groups in total. The molecule has 3 heterocycles. The number of carboxylic acids is 2. The van der Waals surface area contributed by atoms with Gasteiger partial charge in [0.1, 0.15) is 79.3 Å². The van der Waals surface area contributed by atoms with Gasteiger partial charge >= 0.3 is 11.9 Å². The zero-order valence-corrected chi connectivity index (χ0v) is 28.0. The Kier molecular flexibility index (Phi) is 16.1. The molecule has 0 spiro atoms. The van der Waals surface area contributed by atoms with Crippen LogP contribution in [-0.4, -0.2) is 226 Å². The van der Waals surface area contributed by atoms with E-state index in [9.17, 15) is 85.6 Å². The third kappa shape index (κ3) is 10.3. The van der Waals surface area contributed by atoms with E-state index in [4.69, 9.17) is 28.4 Å². The number of hydrogen-bond acceptors (Lipinski definition) is 21. The van der Waals surface area contributed by atoms with Crippen LogP contribution in [0.5, 0.6) is 0 Å². The fraction of sp³-hybridized carbons (Fsp3) is 0.857. The Balaban J connectivity index is 1.96. The van der Waals surface area contributed by atoms with Gasteiger partial charge in [-0.15, -0.1) is 0 Å². The van der Waals surface area contributed by atoms with Crippen LogP contribution < -0.4 is 10.6 Å². The van der Waals surface area contributed by atoms with Gasteiger partial charge in [-0.3, -0.25) is 9.59 Å². The topological polar surface area (TPSA) is 411 Å². The highest BCUT2D eigenvalue weighted by Crippen LogP contribution is 2.33.